The van der Waals surface area contributed by atoms with Crippen LogP contribution < -0.4 is 10.6 Å². The molecule has 0 aliphatic carbocycles. The Labute approximate surface area is 93.0 Å². The first kappa shape index (κ1) is 12.2. The Morgan fingerprint density at radius 1 is 1.47 bits per heavy atom. The average Bonchev–Trinajstić information content (AvgIpc) is 2.54. The van der Waals surface area contributed by atoms with Crippen LogP contribution in [-0.2, 0) is 4.79 Å². The number of urea groups is 1. The zero-order valence-electron chi connectivity index (χ0n) is 8.87. The zero-order chi connectivity index (χ0) is 11.5. The number of carboxylic acid groups (broad SMARTS) is 1. The van der Waals surface area contributed by atoms with E-state index in [1.54, 1.807) is 11.8 Å². The van der Waals surface area contributed by atoms with E-state index >= 15 is 0 Å². The molecule has 0 spiro atoms. The number of aliphatic carboxylic acids is 1. The molecule has 0 aromatic heterocycles. The predicted molar refractivity (Wildman–Crippen MR) is 59.1 cm³/mol. The van der Waals surface area contributed by atoms with Crippen molar-refractivity contribution in [3.05, 3.63) is 0 Å². The van der Waals surface area contributed by atoms with Crippen LogP contribution in [0.2, 0.25) is 0 Å². The van der Waals surface area contributed by atoms with Gasteiger partial charge in [0.2, 0.25) is 0 Å². The lowest BCUT2D eigenvalue weighted by Gasteiger charge is -2.22. The van der Waals surface area contributed by atoms with Gasteiger partial charge in [-0.3, -0.25) is 0 Å². The van der Waals surface area contributed by atoms with E-state index in [0.29, 0.717) is 0 Å². The van der Waals surface area contributed by atoms with Crippen molar-refractivity contribution in [1.82, 2.24) is 10.6 Å². The van der Waals surface area contributed by atoms with Crippen LogP contribution in [-0.4, -0.2) is 40.2 Å². The fraction of sp³-hybridized carbons (Fsp3) is 0.778. The van der Waals surface area contributed by atoms with Gasteiger partial charge in [0.15, 0.2) is 0 Å². The number of hydrogen-bond donors (Lipinski definition) is 3. The minimum Gasteiger partial charge on any atom is -0.480 e. The summed E-state index contributed by atoms with van der Waals surface area (Å²) in [6, 6.07) is -0.241. The quantitative estimate of drug-likeness (QED) is 0.667. The van der Waals surface area contributed by atoms with E-state index in [-0.39, 0.29) is 6.04 Å². The number of hydrogen-bond acceptors (Lipinski definition) is 3. The van der Waals surface area contributed by atoms with E-state index in [1.807, 2.05) is 0 Å². The smallest absolute Gasteiger partial charge is 0.328 e. The summed E-state index contributed by atoms with van der Waals surface area (Å²) >= 11 is 1.79. The Balaban J connectivity index is 2.38. The molecule has 0 aromatic rings. The molecular weight excluding hydrogens is 216 g/mol. The van der Waals surface area contributed by atoms with Gasteiger partial charge in [-0.2, -0.15) is 11.8 Å². The number of amides is 2. The van der Waals surface area contributed by atoms with Crippen LogP contribution in [0.1, 0.15) is 20.3 Å². The average molecular weight is 232 g/mol. The maximum absolute atomic E-state index is 11.4. The van der Waals surface area contributed by atoms with Gasteiger partial charge >= 0.3 is 12.0 Å². The molecule has 1 fully saturated rings. The minimum atomic E-state index is -1.23. The summed E-state index contributed by atoms with van der Waals surface area (Å²) in [4.78, 5) is 22.2. The first-order valence-corrected chi connectivity index (χ1v) is 5.97. The SMILES string of the molecule is CC(C)(NC(=O)NC1CCSC1)C(=O)O. The van der Waals surface area contributed by atoms with Crippen LogP contribution in [0.5, 0.6) is 0 Å². The lowest BCUT2D eigenvalue weighted by atomic mass is 10.1. The fourth-order valence-corrected chi connectivity index (χ4v) is 2.36. The molecule has 1 aliphatic heterocycles. The molecule has 0 radical (unpaired) electrons. The molecule has 0 bridgehead atoms. The van der Waals surface area contributed by atoms with E-state index in [9.17, 15) is 9.59 Å². The third-order valence-electron chi connectivity index (χ3n) is 2.23. The van der Waals surface area contributed by atoms with Crippen molar-refractivity contribution in [1.29, 1.82) is 0 Å². The highest BCUT2D eigenvalue weighted by Crippen LogP contribution is 2.16. The number of carbonyl (C=O) groups is 2. The molecule has 0 saturated carbocycles. The normalized spacial score (nSPS) is 21.1. The van der Waals surface area contributed by atoms with Crippen LogP contribution >= 0.6 is 11.8 Å². The Hall–Kier alpha value is -0.910. The number of carbonyl (C=O) groups excluding carboxylic acids is 1. The lowest BCUT2D eigenvalue weighted by molar-refractivity contribution is -0.142. The van der Waals surface area contributed by atoms with E-state index in [0.717, 1.165) is 17.9 Å². The molecule has 86 valence electrons. The summed E-state index contributed by atoms with van der Waals surface area (Å²) in [5.41, 5.74) is -1.23. The molecule has 5 nitrogen and oxygen atoms in total. The van der Waals surface area contributed by atoms with E-state index in [2.05, 4.69) is 10.6 Å². The van der Waals surface area contributed by atoms with Crippen molar-refractivity contribution in [2.45, 2.75) is 31.8 Å². The Bertz CT molecular complexity index is 262. The minimum absolute atomic E-state index is 0.166. The number of thioether (sulfide) groups is 1. The second-order valence-electron chi connectivity index (χ2n) is 4.09. The van der Waals surface area contributed by atoms with Crippen LogP contribution in [0.25, 0.3) is 0 Å². The summed E-state index contributed by atoms with van der Waals surface area (Å²) in [6.45, 7) is 2.91. The zero-order valence-corrected chi connectivity index (χ0v) is 9.69. The van der Waals surface area contributed by atoms with Gasteiger partial charge in [-0.1, -0.05) is 0 Å². The molecule has 2 amide bonds. The highest BCUT2D eigenvalue weighted by atomic mass is 32.2. The summed E-state index contributed by atoms with van der Waals surface area (Å²) in [7, 11) is 0. The summed E-state index contributed by atoms with van der Waals surface area (Å²) < 4.78 is 0. The maximum Gasteiger partial charge on any atom is 0.328 e. The maximum atomic E-state index is 11.4. The molecule has 1 aliphatic rings. The summed E-state index contributed by atoms with van der Waals surface area (Å²) in [5, 5.41) is 14.0. The van der Waals surface area contributed by atoms with Crippen molar-refractivity contribution in [2.24, 2.45) is 0 Å². The van der Waals surface area contributed by atoms with Gasteiger partial charge < -0.3 is 15.7 Å². The summed E-state index contributed by atoms with van der Waals surface area (Å²) in [5.74, 6) is 0.909. The third kappa shape index (κ3) is 3.62. The van der Waals surface area contributed by atoms with Crippen LogP contribution in [0.4, 0.5) is 4.79 Å². The molecule has 1 heterocycles. The Morgan fingerprint density at radius 2 is 2.13 bits per heavy atom. The summed E-state index contributed by atoms with van der Waals surface area (Å²) in [6.07, 6.45) is 0.950. The van der Waals surface area contributed by atoms with E-state index in [4.69, 9.17) is 5.11 Å². The lowest BCUT2D eigenvalue weighted by Crippen LogP contribution is -2.54. The van der Waals surface area contributed by atoms with Gasteiger partial charge in [0.1, 0.15) is 5.54 Å². The van der Waals surface area contributed by atoms with Crippen LogP contribution in [0.3, 0.4) is 0 Å². The molecule has 6 heteroatoms. The van der Waals surface area contributed by atoms with Crippen molar-refractivity contribution in [3.63, 3.8) is 0 Å². The number of nitrogens with one attached hydrogen (secondary N) is 2. The molecule has 1 atom stereocenters. The van der Waals surface area contributed by atoms with E-state index in [1.165, 1.54) is 13.8 Å². The van der Waals surface area contributed by atoms with Crippen LogP contribution in [0.15, 0.2) is 0 Å². The van der Waals surface area contributed by atoms with Gasteiger partial charge in [-0.15, -0.1) is 0 Å². The van der Waals surface area contributed by atoms with Crippen LogP contribution in [0, 0.1) is 0 Å². The van der Waals surface area contributed by atoms with Gasteiger partial charge in [0, 0.05) is 11.8 Å². The van der Waals surface area contributed by atoms with Crippen molar-refractivity contribution >= 4 is 23.8 Å². The van der Waals surface area contributed by atoms with Crippen molar-refractivity contribution < 1.29 is 14.7 Å². The molecule has 1 unspecified atom stereocenters. The monoisotopic (exact) mass is 232 g/mol. The third-order valence-corrected chi connectivity index (χ3v) is 3.39. The first-order valence-electron chi connectivity index (χ1n) is 4.81. The number of carboxylic acids is 1. The molecule has 3 N–H and O–H groups in total. The Morgan fingerprint density at radius 3 is 2.60 bits per heavy atom. The van der Waals surface area contributed by atoms with Gasteiger partial charge in [-0.25, -0.2) is 9.59 Å². The highest BCUT2D eigenvalue weighted by molar-refractivity contribution is 7.99. The van der Waals surface area contributed by atoms with Gasteiger partial charge in [-0.05, 0) is 26.0 Å². The second-order valence-corrected chi connectivity index (χ2v) is 5.24. The van der Waals surface area contributed by atoms with E-state index < -0.39 is 17.5 Å². The van der Waals surface area contributed by atoms with Gasteiger partial charge in [0.05, 0.1) is 0 Å². The second kappa shape index (κ2) is 4.74. The standard InChI is InChI=1S/C9H16N2O3S/c1-9(2,7(12)13)11-8(14)10-6-3-4-15-5-6/h6H,3-5H2,1-2H3,(H,12,13)(H2,10,11,14). The molecular formula is C9H16N2O3S. The van der Waals surface area contributed by atoms with Gasteiger partial charge in [0.25, 0.3) is 0 Å². The van der Waals surface area contributed by atoms with Crippen molar-refractivity contribution in [3.8, 4) is 0 Å². The van der Waals surface area contributed by atoms with Crippen molar-refractivity contribution in [2.75, 3.05) is 11.5 Å². The predicted octanol–water partition coefficient (Wildman–Crippen LogP) is 0.654. The first-order chi connectivity index (χ1) is 6.92. The Kier molecular flexibility index (Phi) is 3.84. The molecule has 1 saturated heterocycles. The number of rotatable bonds is 3. The topological polar surface area (TPSA) is 78.4 Å². The molecule has 15 heavy (non-hydrogen) atoms. The molecule has 0 aromatic carbocycles. The largest absolute Gasteiger partial charge is 0.480 e. The fourth-order valence-electron chi connectivity index (χ4n) is 1.21. The highest BCUT2D eigenvalue weighted by Gasteiger charge is 2.29. The molecule has 1 rings (SSSR count).